The highest BCUT2D eigenvalue weighted by Crippen LogP contribution is 2.36. The van der Waals surface area contributed by atoms with E-state index < -0.39 is 18.6 Å². The predicted octanol–water partition coefficient (Wildman–Crippen LogP) is 4.94. The number of pyridine rings is 2. The Labute approximate surface area is 237 Å². The number of hydrogen-bond acceptors (Lipinski definition) is 8. The Hall–Kier alpha value is -3.29. The number of halogens is 4. The molecule has 0 bridgehead atoms. The van der Waals surface area contributed by atoms with Crippen LogP contribution in [-0.2, 0) is 17.9 Å². The zero-order valence-electron chi connectivity index (χ0n) is 21.7. The smallest absolute Gasteiger partial charge is 0.401 e. The van der Waals surface area contributed by atoms with Gasteiger partial charge in [0.05, 0.1) is 49.1 Å². The van der Waals surface area contributed by atoms with Crippen LogP contribution in [0, 0.1) is 12.8 Å². The van der Waals surface area contributed by atoms with Crippen molar-refractivity contribution in [3.63, 3.8) is 0 Å². The third-order valence-electron chi connectivity index (χ3n) is 6.95. The number of thiazole rings is 1. The Morgan fingerprint density at radius 2 is 1.90 bits per heavy atom. The minimum absolute atomic E-state index is 0.0669. The number of carbonyl (C=O) groups is 2. The molecule has 0 unspecified atom stereocenters. The molecule has 2 aliphatic heterocycles. The molecule has 1 fully saturated rings. The number of carbonyl (C=O) groups excluding carboxylic acids is 2. The molecule has 0 aliphatic carbocycles. The first-order chi connectivity index (χ1) is 19.0. The van der Waals surface area contributed by atoms with Gasteiger partial charge in [-0.1, -0.05) is 22.9 Å². The lowest BCUT2D eigenvalue weighted by Crippen LogP contribution is -2.44. The van der Waals surface area contributed by atoms with Gasteiger partial charge in [-0.05, 0) is 45.0 Å². The molecule has 5 heterocycles. The SMILES string of the molecule is COc1cnc(Cl)cc1-c1cc(C)ncc1C(=O)Nc1nc2c(s1)CN(C(=O)C1CCN(CC(F)(F)F)CC1)C2. The number of aromatic nitrogens is 3. The van der Waals surface area contributed by atoms with Crippen molar-refractivity contribution in [3.8, 4) is 16.9 Å². The summed E-state index contributed by atoms with van der Waals surface area (Å²) in [6.07, 6.45) is -0.479. The molecule has 9 nitrogen and oxygen atoms in total. The average molecular weight is 595 g/mol. The van der Waals surface area contributed by atoms with E-state index in [1.165, 1.54) is 35.7 Å². The summed E-state index contributed by atoms with van der Waals surface area (Å²) in [5.74, 6) is -0.330. The monoisotopic (exact) mass is 594 g/mol. The highest BCUT2D eigenvalue weighted by atomic mass is 35.5. The largest absolute Gasteiger partial charge is 0.494 e. The van der Waals surface area contributed by atoms with Crippen molar-refractivity contribution in [1.82, 2.24) is 24.8 Å². The highest BCUT2D eigenvalue weighted by molar-refractivity contribution is 7.16. The molecule has 0 radical (unpaired) electrons. The normalized spacial score (nSPS) is 16.2. The van der Waals surface area contributed by atoms with Crippen molar-refractivity contribution in [1.29, 1.82) is 0 Å². The third-order valence-corrected chi connectivity index (χ3v) is 8.16. The van der Waals surface area contributed by atoms with Gasteiger partial charge in [0.1, 0.15) is 10.9 Å². The number of ether oxygens (including phenoxy) is 1. The molecule has 0 atom stereocenters. The quantitative estimate of drug-likeness (QED) is 0.404. The molecular weight excluding hydrogens is 569 g/mol. The van der Waals surface area contributed by atoms with E-state index in [1.54, 1.807) is 17.0 Å². The van der Waals surface area contributed by atoms with Gasteiger partial charge in [0.2, 0.25) is 5.91 Å². The van der Waals surface area contributed by atoms with Crippen molar-refractivity contribution in [2.24, 2.45) is 5.92 Å². The van der Waals surface area contributed by atoms with Gasteiger partial charge in [0, 0.05) is 28.9 Å². The number of nitrogens with one attached hydrogen (secondary N) is 1. The highest BCUT2D eigenvalue weighted by Gasteiger charge is 2.36. The number of methoxy groups -OCH3 is 1. The number of piperidine rings is 1. The Balaban J connectivity index is 1.24. The van der Waals surface area contributed by atoms with Crippen molar-refractivity contribution >= 4 is 39.9 Å². The number of nitrogens with zero attached hydrogens (tertiary/aromatic N) is 5. The van der Waals surface area contributed by atoms with Gasteiger partial charge in [0.15, 0.2) is 5.13 Å². The maximum absolute atomic E-state index is 13.3. The van der Waals surface area contributed by atoms with Gasteiger partial charge in [-0.25, -0.2) is 9.97 Å². The molecule has 1 saturated heterocycles. The van der Waals surface area contributed by atoms with E-state index >= 15 is 0 Å². The maximum Gasteiger partial charge on any atom is 0.401 e. The number of hydrogen-bond donors (Lipinski definition) is 1. The summed E-state index contributed by atoms with van der Waals surface area (Å²) >= 11 is 7.41. The minimum Gasteiger partial charge on any atom is -0.494 e. The molecule has 2 amide bonds. The van der Waals surface area contributed by atoms with Crippen LogP contribution >= 0.6 is 22.9 Å². The van der Waals surface area contributed by atoms with E-state index in [2.05, 4.69) is 20.3 Å². The summed E-state index contributed by atoms with van der Waals surface area (Å²) in [7, 11) is 1.50. The number of rotatable bonds is 6. The van der Waals surface area contributed by atoms with E-state index in [4.69, 9.17) is 16.3 Å². The molecule has 0 spiro atoms. The van der Waals surface area contributed by atoms with Crippen molar-refractivity contribution in [3.05, 3.63) is 51.5 Å². The fraction of sp³-hybridized carbons (Fsp3) is 0.423. The lowest BCUT2D eigenvalue weighted by atomic mass is 9.95. The number of fused-ring (bicyclic) bond motifs is 1. The summed E-state index contributed by atoms with van der Waals surface area (Å²) in [6.45, 7) is 2.00. The van der Waals surface area contributed by atoms with Crippen LogP contribution in [0.3, 0.4) is 0 Å². The molecule has 40 heavy (non-hydrogen) atoms. The topological polar surface area (TPSA) is 101 Å². The first-order valence-electron chi connectivity index (χ1n) is 12.5. The summed E-state index contributed by atoms with van der Waals surface area (Å²) in [5.41, 5.74) is 2.88. The van der Waals surface area contributed by atoms with Crippen LogP contribution in [0.25, 0.3) is 11.1 Å². The first-order valence-corrected chi connectivity index (χ1v) is 13.7. The zero-order chi connectivity index (χ0) is 28.6. The second-order valence-corrected chi connectivity index (χ2v) is 11.3. The van der Waals surface area contributed by atoms with Gasteiger partial charge in [0.25, 0.3) is 5.91 Å². The van der Waals surface area contributed by atoms with Crippen LogP contribution in [0.2, 0.25) is 5.15 Å². The Morgan fingerprint density at radius 3 is 2.58 bits per heavy atom. The van der Waals surface area contributed by atoms with E-state index in [1.807, 2.05) is 6.92 Å². The van der Waals surface area contributed by atoms with Crippen molar-refractivity contribution in [2.75, 3.05) is 32.1 Å². The van der Waals surface area contributed by atoms with Crippen LogP contribution < -0.4 is 10.1 Å². The summed E-state index contributed by atoms with van der Waals surface area (Å²) in [4.78, 5) is 43.1. The minimum atomic E-state index is -4.24. The molecule has 0 saturated carbocycles. The van der Waals surface area contributed by atoms with Gasteiger partial charge in [-0.2, -0.15) is 13.2 Å². The molecule has 212 valence electrons. The second-order valence-electron chi connectivity index (χ2n) is 9.78. The number of alkyl halides is 3. The fourth-order valence-corrected chi connectivity index (χ4v) is 6.16. The standard InChI is InChI=1S/C26H26ClF3N6O3S/c1-14-7-16(17-8-22(27)32-10-20(17)39-2)18(9-31-14)23(37)34-25-33-19-11-36(12-21(19)40-25)24(38)15-3-5-35(6-4-15)13-26(28,29)30/h7-10,15H,3-6,11-13H2,1-2H3,(H,33,34,37). The van der Waals surface area contributed by atoms with E-state index in [9.17, 15) is 22.8 Å². The number of anilines is 1. The number of likely N-dealkylation sites (tertiary alicyclic amines) is 1. The first kappa shape index (κ1) is 28.2. The van der Waals surface area contributed by atoms with E-state index in [0.29, 0.717) is 64.9 Å². The lowest BCUT2D eigenvalue weighted by molar-refractivity contribution is -0.151. The molecular formula is C26H26ClF3N6O3S. The van der Waals surface area contributed by atoms with Crippen LogP contribution in [0.5, 0.6) is 5.75 Å². The average Bonchev–Trinajstić information content (AvgIpc) is 3.46. The van der Waals surface area contributed by atoms with Crippen LogP contribution in [0.15, 0.2) is 24.5 Å². The van der Waals surface area contributed by atoms with Gasteiger partial charge in [-0.15, -0.1) is 0 Å². The third kappa shape index (κ3) is 6.21. The molecule has 14 heteroatoms. The number of aryl methyl sites for hydroxylation is 1. The van der Waals surface area contributed by atoms with Crippen LogP contribution in [0.1, 0.15) is 39.5 Å². The van der Waals surface area contributed by atoms with Gasteiger partial charge in [-0.3, -0.25) is 24.8 Å². The van der Waals surface area contributed by atoms with Gasteiger partial charge >= 0.3 is 6.18 Å². The molecule has 1 N–H and O–H groups in total. The Kier molecular flexibility index (Phi) is 7.98. The Morgan fingerprint density at radius 1 is 1.15 bits per heavy atom. The zero-order valence-corrected chi connectivity index (χ0v) is 23.3. The van der Waals surface area contributed by atoms with E-state index in [0.717, 1.165) is 4.88 Å². The number of amides is 2. The van der Waals surface area contributed by atoms with E-state index in [-0.39, 0.29) is 30.1 Å². The molecule has 3 aromatic rings. The summed E-state index contributed by atoms with van der Waals surface area (Å²) < 4.78 is 43.4. The molecule has 5 rings (SSSR count). The lowest BCUT2D eigenvalue weighted by Gasteiger charge is -2.33. The molecule has 0 aromatic carbocycles. The van der Waals surface area contributed by atoms with Crippen LogP contribution in [0.4, 0.5) is 18.3 Å². The van der Waals surface area contributed by atoms with Crippen molar-refractivity contribution in [2.45, 2.75) is 39.0 Å². The molecule has 2 aliphatic rings. The molecule has 3 aromatic heterocycles. The Bertz CT molecular complexity index is 1420. The van der Waals surface area contributed by atoms with Crippen molar-refractivity contribution < 1.29 is 27.5 Å². The second kappa shape index (κ2) is 11.3. The summed E-state index contributed by atoms with van der Waals surface area (Å²) in [5, 5.41) is 3.48. The van der Waals surface area contributed by atoms with Gasteiger partial charge < -0.3 is 9.64 Å². The maximum atomic E-state index is 13.3. The fourth-order valence-electron chi connectivity index (χ4n) is 5.02. The summed E-state index contributed by atoms with van der Waals surface area (Å²) in [6, 6.07) is 3.39. The predicted molar refractivity (Wildman–Crippen MR) is 143 cm³/mol. The van der Waals surface area contributed by atoms with Crippen LogP contribution in [-0.4, -0.2) is 69.5 Å².